The fourth-order valence-electron chi connectivity index (χ4n) is 2.43. The van der Waals surface area contributed by atoms with Crippen molar-refractivity contribution in [2.24, 2.45) is 0 Å². The second kappa shape index (κ2) is 8.60. The standard InChI is InChI=1S/C19H21FO5/c1-12-9-17(13-3-5-14(20)6-4-13)18(25-12)8-7-15(21)10-16(22)11-19(23)24-2/h3-9,15-16,21-22H,10-11H2,1-2H3/t15-,16+/m1/s1. The molecule has 2 rings (SSSR count). The molecule has 2 atom stereocenters. The second-order valence-corrected chi connectivity index (χ2v) is 5.74. The van der Waals surface area contributed by atoms with Gasteiger partial charge < -0.3 is 19.4 Å². The van der Waals surface area contributed by atoms with E-state index in [9.17, 15) is 19.4 Å². The minimum atomic E-state index is -0.998. The Labute approximate surface area is 145 Å². The number of aliphatic hydroxyl groups is 2. The summed E-state index contributed by atoms with van der Waals surface area (Å²) in [4.78, 5) is 11.1. The summed E-state index contributed by atoms with van der Waals surface area (Å²) in [5.41, 5.74) is 1.56. The van der Waals surface area contributed by atoms with Crippen molar-refractivity contribution in [2.75, 3.05) is 7.11 Å². The van der Waals surface area contributed by atoms with Gasteiger partial charge in [0.2, 0.25) is 0 Å². The minimum absolute atomic E-state index is 0.00281. The first-order chi connectivity index (χ1) is 11.9. The lowest BCUT2D eigenvalue weighted by Gasteiger charge is -2.11. The quantitative estimate of drug-likeness (QED) is 0.752. The molecule has 0 amide bonds. The third-order valence-corrected chi connectivity index (χ3v) is 3.65. The van der Waals surface area contributed by atoms with E-state index in [1.165, 1.54) is 25.3 Å². The number of methoxy groups -OCH3 is 1. The van der Waals surface area contributed by atoms with Crippen molar-refractivity contribution in [1.29, 1.82) is 0 Å². The predicted octanol–water partition coefficient (Wildman–Crippen LogP) is 3.08. The number of furan rings is 1. The number of hydrogen-bond donors (Lipinski definition) is 2. The van der Waals surface area contributed by atoms with Gasteiger partial charge in [0.1, 0.15) is 17.3 Å². The first-order valence-electron chi connectivity index (χ1n) is 7.86. The van der Waals surface area contributed by atoms with Crippen molar-refractivity contribution >= 4 is 12.0 Å². The average Bonchev–Trinajstić information content (AvgIpc) is 2.94. The Morgan fingerprint density at radius 1 is 1.32 bits per heavy atom. The Bertz CT molecular complexity index is 733. The van der Waals surface area contributed by atoms with Crippen molar-refractivity contribution in [3.63, 3.8) is 0 Å². The number of benzene rings is 1. The van der Waals surface area contributed by atoms with E-state index < -0.39 is 18.2 Å². The van der Waals surface area contributed by atoms with E-state index >= 15 is 0 Å². The number of aryl methyl sites for hydroxylation is 1. The van der Waals surface area contributed by atoms with Gasteiger partial charge in [-0.25, -0.2) is 4.39 Å². The second-order valence-electron chi connectivity index (χ2n) is 5.74. The maximum atomic E-state index is 13.1. The van der Waals surface area contributed by atoms with Gasteiger partial charge in [0.15, 0.2) is 0 Å². The first-order valence-corrected chi connectivity index (χ1v) is 7.86. The number of carbonyl (C=O) groups excluding carboxylic acids is 1. The topological polar surface area (TPSA) is 79.9 Å². The summed E-state index contributed by atoms with van der Waals surface area (Å²) in [6.07, 6.45) is 0.944. The highest BCUT2D eigenvalue weighted by Crippen LogP contribution is 2.28. The van der Waals surface area contributed by atoms with Crippen molar-refractivity contribution in [1.82, 2.24) is 0 Å². The Kier molecular flexibility index (Phi) is 6.50. The number of rotatable bonds is 7. The third kappa shape index (κ3) is 5.55. The molecule has 0 aliphatic carbocycles. The highest BCUT2D eigenvalue weighted by atomic mass is 19.1. The zero-order chi connectivity index (χ0) is 18.4. The number of esters is 1. The van der Waals surface area contributed by atoms with Crippen LogP contribution in [0.2, 0.25) is 0 Å². The third-order valence-electron chi connectivity index (χ3n) is 3.65. The predicted molar refractivity (Wildman–Crippen MR) is 91.1 cm³/mol. The van der Waals surface area contributed by atoms with Crippen molar-refractivity contribution in [3.05, 3.63) is 53.7 Å². The molecule has 1 aromatic heterocycles. The molecule has 0 bridgehead atoms. The summed E-state index contributed by atoms with van der Waals surface area (Å²) in [5, 5.41) is 19.7. The molecule has 1 heterocycles. The number of carbonyl (C=O) groups is 1. The van der Waals surface area contributed by atoms with Crippen LogP contribution in [-0.2, 0) is 9.53 Å². The van der Waals surface area contributed by atoms with Crippen LogP contribution in [0.3, 0.4) is 0 Å². The van der Waals surface area contributed by atoms with Gasteiger partial charge in [-0.1, -0.05) is 18.2 Å². The van der Waals surface area contributed by atoms with Gasteiger partial charge in [0.05, 0.1) is 25.7 Å². The molecule has 0 saturated carbocycles. The van der Waals surface area contributed by atoms with Crippen LogP contribution in [0.15, 0.2) is 40.8 Å². The highest BCUT2D eigenvalue weighted by molar-refractivity contribution is 5.73. The van der Waals surface area contributed by atoms with E-state index in [-0.39, 0.29) is 18.7 Å². The van der Waals surface area contributed by atoms with E-state index in [1.807, 2.05) is 6.07 Å². The summed E-state index contributed by atoms with van der Waals surface area (Å²) < 4.78 is 23.1. The Hall–Kier alpha value is -2.44. The summed E-state index contributed by atoms with van der Waals surface area (Å²) in [5.74, 6) is 0.338. The lowest BCUT2D eigenvalue weighted by atomic mass is 10.0. The van der Waals surface area contributed by atoms with Crippen LogP contribution >= 0.6 is 0 Å². The molecule has 0 aliphatic heterocycles. The molecule has 0 spiro atoms. The van der Waals surface area contributed by atoms with E-state index in [2.05, 4.69) is 4.74 Å². The molecule has 0 aliphatic rings. The molecule has 2 N–H and O–H groups in total. The summed E-state index contributed by atoms with van der Waals surface area (Å²) >= 11 is 0. The van der Waals surface area contributed by atoms with Crippen LogP contribution in [-0.4, -0.2) is 35.5 Å². The average molecular weight is 348 g/mol. The number of ether oxygens (including phenoxy) is 1. The SMILES string of the molecule is COC(=O)C[C@@H](O)C[C@H](O)C=Cc1oc(C)cc1-c1ccc(F)cc1. The van der Waals surface area contributed by atoms with Crippen LogP contribution in [0.5, 0.6) is 0 Å². The van der Waals surface area contributed by atoms with E-state index in [0.29, 0.717) is 11.5 Å². The molecule has 0 fully saturated rings. The molecular weight excluding hydrogens is 327 g/mol. The Balaban J connectivity index is 2.08. The molecular formula is C19H21FO5. The van der Waals surface area contributed by atoms with Crippen LogP contribution < -0.4 is 0 Å². The number of hydrogen-bond acceptors (Lipinski definition) is 5. The zero-order valence-electron chi connectivity index (χ0n) is 14.1. The van der Waals surface area contributed by atoms with Crippen LogP contribution in [0.1, 0.15) is 24.4 Å². The molecule has 25 heavy (non-hydrogen) atoms. The summed E-state index contributed by atoms with van der Waals surface area (Å²) in [7, 11) is 1.24. The van der Waals surface area contributed by atoms with Gasteiger partial charge in [-0.3, -0.25) is 4.79 Å². The van der Waals surface area contributed by atoms with Gasteiger partial charge in [-0.2, -0.15) is 0 Å². The number of aliphatic hydroxyl groups excluding tert-OH is 2. The fraction of sp³-hybridized carbons (Fsp3) is 0.316. The smallest absolute Gasteiger partial charge is 0.308 e. The largest absolute Gasteiger partial charge is 0.469 e. The van der Waals surface area contributed by atoms with E-state index in [0.717, 1.165) is 11.1 Å². The fourth-order valence-corrected chi connectivity index (χ4v) is 2.43. The summed E-state index contributed by atoms with van der Waals surface area (Å²) in [6.45, 7) is 1.79. The number of halogens is 1. The molecule has 0 saturated heterocycles. The lowest BCUT2D eigenvalue weighted by Crippen LogP contribution is -2.20. The zero-order valence-corrected chi connectivity index (χ0v) is 14.1. The maximum Gasteiger partial charge on any atom is 0.308 e. The summed E-state index contributed by atoms with van der Waals surface area (Å²) in [6, 6.07) is 7.85. The van der Waals surface area contributed by atoms with Crippen LogP contribution in [0.25, 0.3) is 17.2 Å². The lowest BCUT2D eigenvalue weighted by molar-refractivity contribution is -0.143. The molecule has 1 aromatic carbocycles. The molecule has 0 radical (unpaired) electrons. The van der Waals surface area contributed by atoms with E-state index in [4.69, 9.17) is 4.42 Å². The normalized spacial score (nSPS) is 13.8. The van der Waals surface area contributed by atoms with Crippen LogP contribution in [0, 0.1) is 12.7 Å². The maximum absolute atomic E-state index is 13.1. The molecule has 134 valence electrons. The van der Waals surface area contributed by atoms with Crippen molar-refractivity contribution in [3.8, 4) is 11.1 Å². The Morgan fingerprint density at radius 2 is 2.00 bits per heavy atom. The van der Waals surface area contributed by atoms with Gasteiger partial charge >= 0.3 is 5.97 Å². The van der Waals surface area contributed by atoms with Crippen molar-refractivity contribution < 1.29 is 28.6 Å². The van der Waals surface area contributed by atoms with Gasteiger partial charge in [0, 0.05) is 12.0 Å². The molecule has 2 aromatic rings. The van der Waals surface area contributed by atoms with Gasteiger partial charge in [-0.05, 0) is 36.8 Å². The van der Waals surface area contributed by atoms with Gasteiger partial charge in [0.25, 0.3) is 0 Å². The molecule has 5 nitrogen and oxygen atoms in total. The first kappa shape index (κ1) is 18.9. The van der Waals surface area contributed by atoms with Crippen molar-refractivity contribution in [2.45, 2.75) is 32.0 Å². The molecule has 0 unspecified atom stereocenters. The Morgan fingerprint density at radius 3 is 2.64 bits per heavy atom. The highest BCUT2D eigenvalue weighted by Gasteiger charge is 2.15. The monoisotopic (exact) mass is 348 g/mol. The van der Waals surface area contributed by atoms with Crippen LogP contribution in [0.4, 0.5) is 4.39 Å². The molecule has 6 heteroatoms. The van der Waals surface area contributed by atoms with E-state index in [1.54, 1.807) is 25.1 Å². The van der Waals surface area contributed by atoms with Gasteiger partial charge in [-0.15, -0.1) is 0 Å². The minimum Gasteiger partial charge on any atom is -0.469 e.